The fourth-order valence-corrected chi connectivity index (χ4v) is 2.35. The SMILES string of the molecule is COC(=O)CC(NC(=O)C1CCOC1)c1ccc(Cl)cc1. The average Bonchev–Trinajstić information content (AvgIpc) is 3.01. The number of amides is 1. The Morgan fingerprint density at radius 3 is 2.71 bits per heavy atom. The van der Waals surface area contributed by atoms with Crippen LogP contribution in [0.15, 0.2) is 24.3 Å². The Kier molecular flexibility index (Phi) is 5.59. The van der Waals surface area contributed by atoms with Crippen molar-refractivity contribution in [2.75, 3.05) is 20.3 Å². The topological polar surface area (TPSA) is 64.6 Å². The lowest BCUT2D eigenvalue weighted by Crippen LogP contribution is -2.35. The lowest BCUT2D eigenvalue weighted by molar-refractivity contribution is -0.141. The molecule has 2 rings (SSSR count). The molecule has 0 radical (unpaired) electrons. The summed E-state index contributed by atoms with van der Waals surface area (Å²) < 4.78 is 9.91. The first-order chi connectivity index (χ1) is 10.1. The minimum absolute atomic E-state index is 0.0808. The van der Waals surface area contributed by atoms with Gasteiger partial charge in [0.1, 0.15) is 0 Å². The Morgan fingerprint density at radius 2 is 2.14 bits per heavy atom. The number of carbonyl (C=O) groups is 2. The van der Waals surface area contributed by atoms with E-state index in [4.69, 9.17) is 21.1 Å². The van der Waals surface area contributed by atoms with Gasteiger partial charge in [0, 0.05) is 11.6 Å². The third-order valence-electron chi connectivity index (χ3n) is 3.49. The highest BCUT2D eigenvalue weighted by Crippen LogP contribution is 2.22. The van der Waals surface area contributed by atoms with Crippen LogP contribution in [0.3, 0.4) is 0 Å². The molecular weight excluding hydrogens is 294 g/mol. The van der Waals surface area contributed by atoms with Crippen LogP contribution < -0.4 is 5.32 Å². The van der Waals surface area contributed by atoms with Gasteiger partial charge in [0.15, 0.2) is 0 Å². The zero-order valence-corrected chi connectivity index (χ0v) is 12.6. The van der Waals surface area contributed by atoms with Crippen LogP contribution in [0.4, 0.5) is 0 Å². The maximum atomic E-state index is 12.2. The maximum Gasteiger partial charge on any atom is 0.307 e. The molecule has 21 heavy (non-hydrogen) atoms. The van der Waals surface area contributed by atoms with Gasteiger partial charge in [0.05, 0.1) is 32.1 Å². The molecule has 1 N–H and O–H groups in total. The molecule has 1 aliphatic heterocycles. The molecule has 0 aromatic heterocycles. The van der Waals surface area contributed by atoms with Gasteiger partial charge < -0.3 is 14.8 Å². The van der Waals surface area contributed by atoms with Crippen molar-refractivity contribution in [3.8, 4) is 0 Å². The van der Waals surface area contributed by atoms with Crippen molar-refractivity contribution in [1.82, 2.24) is 5.32 Å². The van der Waals surface area contributed by atoms with E-state index in [-0.39, 0.29) is 24.2 Å². The summed E-state index contributed by atoms with van der Waals surface area (Å²) in [6.45, 7) is 1.03. The lowest BCUT2D eigenvalue weighted by atomic mass is 10.0. The summed E-state index contributed by atoms with van der Waals surface area (Å²) in [5.74, 6) is -0.633. The van der Waals surface area contributed by atoms with Crippen LogP contribution in [-0.2, 0) is 19.1 Å². The number of esters is 1. The van der Waals surface area contributed by atoms with Gasteiger partial charge in [-0.25, -0.2) is 0 Å². The van der Waals surface area contributed by atoms with E-state index in [2.05, 4.69) is 5.32 Å². The molecule has 1 amide bonds. The van der Waals surface area contributed by atoms with Crippen molar-refractivity contribution >= 4 is 23.5 Å². The molecule has 1 aromatic carbocycles. The molecule has 5 nitrogen and oxygen atoms in total. The van der Waals surface area contributed by atoms with Gasteiger partial charge in [-0.05, 0) is 24.1 Å². The second-order valence-corrected chi connectivity index (χ2v) is 5.39. The van der Waals surface area contributed by atoms with Crippen LogP contribution in [0.5, 0.6) is 0 Å². The lowest BCUT2D eigenvalue weighted by Gasteiger charge is -2.20. The van der Waals surface area contributed by atoms with Crippen LogP contribution in [0.1, 0.15) is 24.4 Å². The van der Waals surface area contributed by atoms with Crippen LogP contribution >= 0.6 is 11.6 Å². The summed E-state index contributed by atoms with van der Waals surface area (Å²) >= 11 is 5.86. The van der Waals surface area contributed by atoms with Gasteiger partial charge in [-0.1, -0.05) is 23.7 Å². The predicted molar refractivity (Wildman–Crippen MR) is 77.9 cm³/mol. The van der Waals surface area contributed by atoms with E-state index >= 15 is 0 Å². The van der Waals surface area contributed by atoms with E-state index in [0.717, 1.165) is 5.56 Å². The zero-order chi connectivity index (χ0) is 15.2. The number of halogens is 1. The van der Waals surface area contributed by atoms with Gasteiger partial charge in [0.2, 0.25) is 5.91 Å². The Morgan fingerprint density at radius 1 is 1.43 bits per heavy atom. The minimum atomic E-state index is -0.428. The minimum Gasteiger partial charge on any atom is -0.469 e. The van der Waals surface area contributed by atoms with E-state index in [9.17, 15) is 9.59 Å². The number of nitrogens with one attached hydrogen (secondary N) is 1. The molecular formula is C15H18ClNO4. The molecule has 114 valence electrons. The molecule has 1 aliphatic rings. The fraction of sp³-hybridized carbons (Fsp3) is 0.467. The first kappa shape index (κ1) is 15.8. The molecule has 2 atom stereocenters. The fourth-order valence-electron chi connectivity index (χ4n) is 2.23. The maximum absolute atomic E-state index is 12.2. The molecule has 2 unspecified atom stereocenters. The second-order valence-electron chi connectivity index (χ2n) is 4.95. The number of methoxy groups -OCH3 is 1. The average molecular weight is 312 g/mol. The summed E-state index contributed by atoms with van der Waals surface area (Å²) in [4.78, 5) is 23.7. The monoisotopic (exact) mass is 311 g/mol. The predicted octanol–water partition coefficient (Wildman–Crippen LogP) is 2.10. The Balaban J connectivity index is 2.09. The van der Waals surface area contributed by atoms with Crippen molar-refractivity contribution in [2.24, 2.45) is 5.92 Å². The first-order valence-corrected chi connectivity index (χ1v) is 7.18. The Bertz CT molecular complexity index is 497. The van der Waals surface area contributed by atoms with E-state index in [1.807, 2.05) is 0 Å². The number of ether oxygens (including phenoxy) is 2. The molecule has 1 heterocycles. The molecule has 0 spiro atoms. The number of benzene rings is 1. The third-order valence-corrected chi connectivity index (χ3v) is 3.74. The Labute approximate surface area is 128 Å². The van der Waals surface area contributed by atoms with E-state index in [1.54, 1.807) is 24.3 Å². The second kappa shape index (κ2) is 7.43. The van der Waals surface area contributed by atoms with Crippen LogP contribution in [0.2, 0.25) is 5.02 Å². The Hall–Kier alpha value is -1.59. The molecule has 6 heteroatoms. The van der Waals surface area contributed by atoms with Gasteiger partial charge >= 0.3 is 5.97 Å². The van der Waals surface area contributed by atoms with Gasteiger partial charge in [-0.2, -0.15) is 0 Å². The molecule has 1 aromatic rings. The van der Waals surface area contributed by atoms with Crippen molar-refractivity contribution in [3.63, 3.8) is 0 Å². The summed E-state index contributed by atoms with van der Waals surface area (Å²) in [5.41, 5.74) is 0.817. The van der Waals surface area contributed by atoms with Crippen molar-refractivity contribution in [1.29, 1.82) is 0 Å². The van der Waals surface area contributed by atoms with Gasteiger partial charge in [-0.3, -0.25) is 9.59 Å². The normalized spacial score (nSPS) is 19.0. The molecule has 1 saturated heterocycles. The summed E-state index contributed by atoms with van der Waals surface area (Å²) in [6.07, 6.45) is 0.787. The largest absolute Gasteiger partial charge is 0.469 e. The van der Waals surface area contributed by atoms with Gasteiger partial charge in [0.25, 0.3) is 0 Å². The molecule has 1 fully saturated rings. The summed E-state index contributed by atoms with van der Waals surface area (Å²) in [7, 11) is 1.33. The van der Waals surface area contributed by atoms with Crippen molar-refractivity contribution < 1.29 is 19.1 Å². The number of hydrogen-bond donors (Lipinski definition) is 1. The summed E-state index contributed by atoms with van der Waals surface area (Å²) in [6, 6.07) is 6.61. The summed E-state index contributed by atoms with van der Waals surface area (Å²) in [5, 5.41) is 3.50. The van der Waals surface area contributed by atoms with Crippen LogP contribution in [0.25, 0.3) is 0 Å². The smallest absolute Gasteiger partial charge is 0.307 e. The zero-order valence-electron chi connectivity index (χ0n) is 11.8. The van der Waals surface area contributed by atoms with E-state index < -0.39 is 6.04 Å². The standard InChI is InChI=1S/C15H18ClNO4/c1-20-14(18)8-13(10-2-4-12(16)5-3-10)17-15(19)11-6-7-21-9-11/h2-5,11,13H,6-9H2,1H3,(H,17,19). The van der Waals surface area contributed by atoms with Gasteiger partial charge in [-0.15, -0.1) is 0 Å². The number of hydrogen-bond acceptors (Lipinski definition) is 4. The molecule has 0 bridgehead atoms. The van der Waals surface area contributed by atoms with E-state index in [1.165, 1.54) is 7.11 Å². The highest BCUT2D eigenvalue weighted by atomic mass is 35.5. The van der Waals surface area contributed by atoms with E-state index in [0.29, 0.717) is 24.7 Å². The van der Waals surface area contributed by atoms with Crippen molar-refractivity contribution in [3.05, 3.63) is 34.9 Å². The number of carbonyl (C=O) groups excluding carboxylic acids is 2. The quantitative estimate of drug-likeness (QED) is 0.846. The number of rotatable bonds is 5. The third kappa shape index (κ3) is 4.44. The van der Waals surface area contributed by atoms with Crippen LogP contribution in [-0.4, -0.2) is 32.2 Å². The van der Waals surface area contributed by atoms with Crippen molar-refractivity contribution in [2.45, 2.75) is 18.9 Å². The first-order valence-electron chi connectivity index (χ1n) is 6.80. The highest BCUT2D eigenvalue weighted by molar-refractivity contribution is 6.30. The molecule has 0 aliphatic carbocycles. The molecule has 0 saturated carbocycles. The highest BCUT2D eigenvalue weighted by Gasteiger charge is 2.27. The van der Waals surface area contributed by atoms with Crippen LogP contribution in [0, 0.1) is 5.92 Å².